The van der Waals surface area contributed by atoms with Gasteiger partial charge in [-0.05, 0) is 44.2 Å². The number of ether oxygens (including phenoxy) is 1. The van der Waals surface area contributed by atoms with Crippen LogP contribution in [0.3, 0.4) is 0 Å². The largest absolute Gasteiger partial charge is 0.495 e. The number of benzene rings is 1. The number of para-hydroxylation sites is 2. The number of hydrogen-bond donors (Lipinski definition) is 1. The molecule has 24 heavy (non-hydrogen) atoms. The quantitative estimate of drug-likeness (QED) is 0.898. The van der Waals surface area contributed by atoms with Gasteiger partial charge in [0, 0.05) is 38.8 Å². The summed E-state index contributed by atoms with van der Waals surface area (Å²) in [5, 5.41) is 0. The van der Waals surface area contributed by atoms with Crippen molar-refractivity contribution in [2.24, 2.45) is 5.73 Å². The van der Waals surface area contributed by atoms with Gasteiger partial charge in [-0.1, -0.05) is 12.1 Å². The van der Waals surface area contributed by atoms with Gasteiger partial charge in [-0.15, -0.1) is 0 Å². The summed E-state index contributed by atoms with van der Waals surface area (Å²) in [4.78, 5) is 4.75. The molecule has 1 aromatic rings. The van der Waals surface area contributed by atoms with E-state index in [-0.39, 0.29) is 6.04 Å². The summed E-state index contributed by atoms with van der Waals surface area (Å²) in [6.07, 6.45) is 3.58. The molecular formula is C19H30FN3O. The fraction of sp³-hybridized carbons (Fsp3) is 0.684. The lowest BCUT2D eigenvalue weighted by molar-refractivity contribution is 0.0727. The normalized spacial score (nSPS) is 28.8. The zero-order chi connectivity index (χ0) is 17.0. The highest BCUT2D eigenvalue weighted by atomic mass is 19.1. The van der Waals surface area contributed by atoms with Crippen LogP contribution in [0.15, 0.2) is 24.3 Å². The van der Waals surface area contributed by atoms with Crippen LogP contribution in [-0.4, -0.2) is 56.4 Å². The SMILES string of the molecule is COc1ccccc1N1CCN(CCC2(F)CCC(N)CC2)CC1. The van der Waals surface area contributed by atoms with Gasteiger partial charge in [-0.25, -0.2) is 4.39 Å². The highest BCUT2D eigenvalue weighted by molar-refractivity contribution is 5.58. The van der Waals surface area contributed by atoms with Gasteiger partial charge in [0.2, 0.25) is 0 Å². The Morgan fingerprint density at radius 3 is 2.50 bits per heavy atom. The van der Waals surface area contributed by atoms with Crippen molar-refractivity contribution in [2.75, 3.05) is 44.7 Å². The lowest BCUT2D eigenvalue weighted by atomic mass is 9.82. The molecule has 1 saturated heterocycles. The molecule has 1 aliphatic heterocycles. The first-order chi connectivity index (χ1) is 11.6. The van der Waals surface area contributed by atoms with E-state index < -0.39 is 5.67 Å². The molecule has 2 fully saturated rings. The van der Waals surface area contributed by atoms with Crippen LogP contribution in [0.4, 0.5) is 10.1 Å². The van der Waals surface area contributed by atoms with Gasteiger partial charge in [0.15, 0.2) is 0 Å². The molecule has 1 heterocycles. The van der Waals surface area contributed by atoms with Gasteiger partial charge in [-0.2, -0.15) is 0 Å². The third kappa shape index (κ3) is 4.19. The predicted molar refractivity (Wildman–Crippen MR) is 96.5 cm³/mol. The fourth-order valence-corrected chi connectivity index (χ4v) is 3.87. The van der Waals surface area contributed by atoms with Crippen molar-refractivity contribution < 1.29 is 9.13 Å². The van der Waals surface area contributed by atoms with Gasteiger partial charge in [-0.3, -0.25) is 4.90 Å². The molecule has 1 aliphatic carbocycles. The number of piperazine rings is 1. The number of rotatable bonds is 5. The molecule has 3 rings (SSSR count). The first-order valence-electron chi connectivity index (χ1n) is 9.14. The van der Waals surface area contributed by atoms with E-state index in [2.05, 4.69) is 15.9 Å². The van der Waals surface area contributed by atoms with Crippen LogP contribution in [0.2, 0.25) is 0 Å². The van der Waals surface area contributed by atoms with Gasteiger partial charge >= 0.3 is 0 Å². The monoisotopic (exact) mass is 335 g/mol. The van der Waals surface area contributed by atoms with Crippen molar-refractivity contribution in [3.8, 4) is 5.75 Å². The average Bonchev–Trinajstić information content (AvgIpc) is 2.63. The topological polar surface area (TPSA) is 41.7 Å². The van der Waals surface area contributed by atoms with Crippen molar-refractivity contribution in [1.29, 1.82) is 0 Å². The van der Waals surface area contributed by atoms with Gasteiger partial charge < -0.3 is 15.4 Å². The number of nitrogens with zero attached hydrogens (tertiary/aromatic N) is 2. The lowest BCUT2D eigenvalue weighted by Gasteiger charge is -2.39. The van der Waals surface area contributed by atoms with E-state index in [1.807, 2.05) is 18.2 Å². The van der Waals surface area contributed by atoms with Crippen LogP contribution in [-0.2, 0) is 0 Å². The van der Waals surface area contributed by atoms with Crippen LogP contribution in [0, 0.1) is 0 Å². The molecule has 0 bridgehead atoms. The summed E-state index contributed by atoms with van der Waals surface area (Å²) < 4.78 is 20.3. The summed E-state index contributed by atoms with van der Waals surface area (Å²) in [6, 6.07) is 8.36. The van der Waals surface area contributed by atoms with Gasteiger partial charge in [0.25, 0.3) is 0 Å². The molecule has 4 nitrogen and oxygen atoms in total. The summed E-state index contributed by atoms with van der Waals surface area (Å²) in [7, 11) is 1.71. The molecular weight excluding hydrogens is 305 g/mol. The van der Waals surface area contributed by atoms with Crippen molar-refractivity contribution in [1.82, 2.24) is 4.90 Å². The van der Waals surface area contributed by atoms with Crippen molar-refractivity contribution in [2.45, 2.75) is 43.8 Å². The van der Waals surface area contributed by atoms with E-state index in [0.29, 0.717) is 19.3 Å². The van der Waals surface area contributed by atoms with Crippen LogP contribution in [0.5, 0.6) is 5.75 Å². The molecule has 1 aromatic carbocycles. The molecule has 1 saturated carbocycles. The Labute approximate surface area is 144 Å². The molecule has 0 amide bonds. The third-order valence-electron chi connectivity index (χ3n) is 5.60. The minimum atomic E-state index is -0.990. The van der Waals surface area contributed by atoms with E-state index >= 15 is 0 Å². The first-order valence-corrected chi connectivity index (χ1v) is 9.14. The number of anilines is 1. The summed E-state index contributed by atoms with van der Waals surface area (Å²) in [6.45, 7) is 4.74. The standard InChI is InChI=1S/C19H30FN3O/c1-24-18-5-3-2-4-17(18)23-14-12-22(13-15-23)11-10-19(20)8-6-16(21)7-9-19/h2-5,16H,6-15,21H2,1H3. The van der Waals surface area contributed by atoms with Crippen LogP contribution < -0.4 is 15.4 Å². The second kappa shape index (κ2) is 7.70. The number of halogens is 1. The second-order valence-corrected chi connectivity index (χ2v) is 7.24. The second-order valence-electron chi connectivity index (χ2n) is 7.24. The highest BCUT2D eigenvalue weighted by Gasteiger charge is 2.34. The van der Waals surface area contributed by atoms with Crippen LogP contribution in [0.1, 0.15) is 32.1 Å². The average molecular weight is 335 g/mol. The number of hydrogen-bond acceptors (Lipinski definition) is 4. The summed E-state index contributed by atoms with van der Waals surface area (Å²) in [5.41, 5.74) is 6.06. The van der Waals surface area contributed by atoms with Crippen LogP contribution >= 0.6 is 0 Å². The Kier molecular flexibility index (Phi) is 5.61. The first kappa shape index (κ1) is 17.5. The van der Waals surface area contributed by atoms with Crippen molar-refractivity contribution >= 4 is 5.69 Å². The minimum Gasteiger partial charge on any atom is -0.495 e. The van der Waals surface area contributed by atoms with Gasteiger partial charge in [0.05, 0.1) is 12.8 Å². The molecule has 5 heteroatoms. The van der Waals surface area contributed by atoms with Crippen LogP contribution in [0.25, 0.3) is 0 Å². The van der Waals surface area contributed by atoms with E-state index in [1.54, 1.807) is 7.11 Å². The van der Waals surface area contributed by atoms with Gasteiger partial charge in [0.1, 0.15) is 11.4 Å². The lowest BCUT2D eigenvalue weighted by Crippen LogP contribution is -2.48. The minimum absolute atomic E-state index is 0.207. The molecule has 0 atom stereocenters. The number of methoxy groups -OCH3 is 1. The van der Waals surface area contributed by atoms with E-state index in [0.717, 1.165) is 57.0 Å². The van der Waals surface area contributed by atoms with E-state index in [9.17, 15) is 4.39 Å². The molecule has 2 aliphatic rings. The Bertz CT molecular complexity index is 523. The summed E-state index contributed by atoms with van der Waals surface area (Å²) >= 11 is 0. The third-order valence-corrected chi connectivity index (χ3v) is 5.60. The Morgan fingerprint density at radius 1 is 1.17 bits per heavy atom. The maximum atomic E-state index is 14.8. The smallest absolute Gasteiger partial charge is 0.142 e. The molecule has 134 valence electrons. The Morgan fingerprint density at radius 2 is 1.83 bits per heavy atom. The van der Waals surface area contributed by atoms with Crippen molar-refractivity contribution in [3.05, 3.63) is 24.3 Å². The van der Waals surface area contributed by atoms with Crippen molar-refractivity contribution in [3.63, 3.8) is 0 Å². The fourth-order valence-electron chi connectivity index (χ4n) is 3.87. The maximum Gasteiger partial charge on any atom is 0.142 e. The Hall–Kier alpha value is -1.33. The number of nitrogens with two attached hydrogens (primary N) is 1. The molecule has 2 N–H and O–H groups in total. The highest BCUT2D eigenvalue weighted by Crippen LogP contribution is 2.34. The van der Waals surface area contributed by atoms with E-state index in [1.165, 1.54) is 0 Å². The molecule has 0 radical (unpaired) electrons. The maximum absolute atomic E-state index is 14.8. The van der Waals surface area contributed by atoms with E-state index in [4.69, 9.17) is 10.5 Å². The molecule has 0 unspecified atom stereocenters. The molecule has 0 aromatic heterocycles. The zero-order valence-corrected chi connectivity index (χ0v) is 14.7. The summed E-state index contributed by atoms with van der Waals surface area (Å²) in [5.74, 6) is 0.923. The Balaban J connectivity index is 1.47. The number of alkyl halides is 1. The molecule has 0 spiro atoms. The zero-order valence-electron chi connectivity index (χ0n) is 14.7. The predicted octanol–water partition coefficient (Wildman–Crippen LogP) is 2.82.